The second-order valence-electron chi connectivity index (χ2n) is 6.96. The van der Waals surface area contributed by atoms with Gasteiger partial charge in [0.1, 0.15) is 11.5 Å². The summed E-state index contributed by atoms with van der Waals surface area (Å²) >= 11 is 8.71. The van der Waals surface area contributed by atoms with Gasteiger partial charge in [0, 0.05) is 16.2 Å². The molecule has 0 aliphatic carbocycles. The summed E-state index contributed by atoms with van der Waals surface area (Å²) in [5.74, 6) is 1.47. The maximum Gasteiger partial charge on any atom is 0.261 e. The number of halogens is 1. The second-order valence-corrected chi connectivity index (χ2v) is 8.28. The molecule has 0 aliphatic rings. The van der Waals surface area contributed by atoms with Crippen LogP contribution in [-0.2, 0) is 0 Å². The Bertz CT molecular complexity index is 843. The van der Waals surface area contributed by atoms with Crippen molar-refractivity contribution in [3.63, 3.8) is 0 Å². The van der Waals surface area contributed by atoms with E-state index >= 15 is 0 Å². The van der Waals surface area contributed by atoms with E-state index in [1.54, 1.807) is 12.1 Å². The number of hydrogen-bond donors (Lipinski definition) is 2. The third-order valence-corrected chi connectivity index (χ3v) is 4.63. The van der Waals surface area contributed by atoms with Crippen molar-refractivity contribution in [1.29, 1.82) is 0 Å². The maximum atomic E-state index is 12.8. The largest absolute Gasteiger partial charge is 0.494 e. The molecular weight excluding hydrogens is 452 g/mol. The lowest BCUT2D eigenvalue weighted by atomic mass is 10.1. The molecule has 156 valence electrons. The summed E-state index contributed by atoms with van der Waals surface area (Å²) in [6, 6.07) is 12.8. The van der Waals surface area contributed by atoms with Crippen molar-refractivity contribution < 1.29 is 14.3 Å². The van der Waals surface area contributed by atoms with E-state index in [9.17, 15) is 4.79 Å². The van der Waals surface area contributed by atoms with Crippen LogP contribution in [0.15, 0.2) is 46.9 Å². The van der Waals surface area contributed by atoms with E-state index in [1.165, 1.54) is 0 Å². The van der Waals surface area contributed by atoms with Gasteiger partial charge in [0.25, 0.3) is 5.91 Å². The Balaban J connectivity index is 2.02. The number of nitrogens with one attached hydrogen (secondary N) is 2. The van der Waals surface area contributed by atoms with Crippen molar-refractivity contribution in [3.8, 4) is 11.5 Å². The van der Waals surface area contributed by atoms with E-state index in [0.29, 0.717) is 30.4 Å². The standard InChI is InChI=1S/C22H27BrN2O3S/c1-4-11-27-18-7-5-6-17(14-18)24-22(29)25-21(26)19-13-16(23)8-9-20(19)28-12-10-15(2)3/h5-9,13-15H,4,10-12H2,1-3H3,(H2,24,25,26,29). The van der Waals surface area contributed by atoms with Crippen LogP contribution < -0.4 is 20.1 Å². The molecule has 7 heteroatoms. The van der Waals surface area contributed by atoms with Crippen LogP contribution in [0, 0.1) is 5.92 Å². The Morgan fingerprint density at radius 1 is 1.14 bits per heavy atom. The number of carbonyl (C=O) groups is 1. The number of carbonyl (C=O) groups excluding carboxylic acids is 1. The molecule has 0 saturated heterocycles. The number of benzene rings is 2. The van der Waals surface area contributed by atoms with Crippen molar-refractivity contribution in [1.82, 2.24) is 5.32 Å². The minimum Gasteiger partial charge on any atom is -0.494 e. The first-order chi connectivity index (χ1) is 13.9. The summed E-state index contributed by atoms with van der Waals surface area (Å²) in [5.41, 5.74) is 1.17. The van der Waals surface area contributed by atoms with Gasteiger partial charge in [-0.25, -0.2) is 0 Å². The van der Waals surface area contributed by atoms with Gasteiger partial charge in [-0.1, -0.05) is 42.8 Å². The minimum absolute atomic E-state index is 0.204. The molecule has 0 spiro atoms. The van der Waals surface area contributed by atoms with E-state index in [-0.39, 0.29) is 11.0 Å². The Kier molecular flexibility index (Phi) is 9.41. The van der Waals surface area contributed by atoms with Crippen LogP contribution >= 0.6 is 28.1 Å². The zero-order valence-electron chi connectivity index (χ0n) is 17.0. The first-order valence-corrected chi connectivity index (χ1v) is 10.9. The Labute approximate surface area is 186 Å². The van der Waals surface area contributed by atoms with E-state index < -0.39 is 0 Å². The molecule has 5 nitrogen and oxygen atoms in total. The Hall–Kier alpha value is -2.12. The summed E-state index contributed by atoms with van der Waals surface area (Å²) in [7, 11) is 0. The first-order valence-electron chi connectivity index (χ1n) is 9.66. The zero-order valence-corrected chi connectivity index (χ0v) is 19.4. The number of ether oxygens (including phenoxy) is 2. The highest BCUT2D eigenvalue weighted by Gasteiger charge is 2.15. The van der Waals surface area contributed by atoms with Crippen molar-refractivity contribution in [2.45, 2.75) is 33.6 Å². The van der Waals surface area contributed by atoms with Gasteiger partial charge in [-0.3, -0.25) is 10.1 Å². The average molecular weight is 479 g/mol. The molecule has 0 atom stereocenters. The van der Waals surface area contributed by atoms with Gasteiger partial charge in [-0.05, 0) is 61.3 Å². The molecule has 2 rings (SSSR count). The first kappa shape index (κ1) is 23.2. The van der Waals surface area contributed by atoms with Crippen molar-refractivity contribution >= 4 is 44.9 Å². The van der Waals surface area contributed by atoms with Gasteiger partial charge in [0.2, 0.25) is 0 Å². The lowest BCUT2D eigenvalue weighted by Crippen LogP contribution is -2.34. The molecule has 1 amide bonds. The lowest BCUT2D eigenvalue weighted by Gasteiger charge is -2.14. The van der Waals surface area contributed by atoms with Gasteiger partial charge in [-0.15, -0.1) is 0 Å². The van der Waals surface area contributed by atoms with Gasteiger partial charge >= 0.3 is 0 Å². The normalized spacial score (nSPS) is 10.5. The predicted octanol–water partition coefficient (Wildman–Crippen LogP) is 5.79. The summed E-state index contributed by atoms with van der Waals surface area (Å²) in [4.78, 5) is 12.8. The molecule has 0 radical (unpaired) electrons. The van der Waals surface area contributed by atoms with Crippen LogP contribution in [0.3, 0.4) is 0 Å². The van der Waals surface area contributed by atoms with Gasteiger partial charge in [0.05, 0.1) is 18.8 Å². The predicted molar refractivity (Wildman–Crippen MR) is 125 cm³/mol. The fraction of sp³-hybridized carbons (Fsp3) is 0.364. The van der Waals surface area contributed by atoms with E-state index in [4.69, 9.17) is 21.7 Å². The number of rotatable bonds is 9. The van der Waals surface area contributed by atoms with Crippen molar-refractivity contribution in [2.75, 3.05) is 18.5 Å². The Morgan fingerprint density at radius 3 is 2.66 bits per heavy atom. The van der Waals surface area contributed by atoms with E-state index in [1.807, 2.05) is 30.3 Å². The molecule has 0 heterocycles. The van der Waals surface area contributed by atoms with E-state index in [0.717, 1.165) is 28.8 Å². The highest BCUT2D eigenvalue weighted by molar-refractivity contribution is 9.10. The molecule has 0 aliphatic heterocycles. The maximum absolute atomic E-state index is 12.8. The van der Waals surface area contributed by atoms with Crippen LogP contribution in [0.4, 0.5) is 5.69 Å². The quantitative estimate of drug-likeness (QED) is 0.446. The second kappa shape index (κ2) is 11.8. The molecule has 0 saturated carbocycles. The molecule has 29 heavy (non-hydrogen) atoms. The number of thiocarbonyl (C=S) groups is 1. The zero-order chi connectivity index (χ0) is 21.2. The van der Waals surface area contributed by atoms with Crippen LogP contribution in [0.25, 0.3) is 0 Å². The highest BCUT2D eigenvalue weighted by atomic mass is 79.9. The number of hydrogen-bond acceptors (Lipinski definition) is 4. The SMILES string of the molecule is CCCOc1cccc(NC(=S)NC(=O)c2cc(Br)ccc2OCCC(C)C)c1. The van der Waals surface area contributed by atoms with E-state index in [2.05, 4.69) is 47.3 Å². The summed E-state index contributed by atoms with van der Waals surface area (Å²) < 4.78 is 12.2. The van der Waals surface area contributed by atoms with Crippen LogP contribution in [0.2, 0.25) is 0 Å². The molecule has 0 aromatic heterocycles. The minimum atomic E-state index is -0.332. The molecular formula is C22H27BrN2O3S. The third kappa shape index (κ3) is 8.03. The lowest BCUT2D eigenvalue weighted by molar-refractivity contribution is 0.0973. The molecule has 0 unspecified atom stereocenters. The van der Waals surface area contributed by atoms with Crippen molar-refractivity contribution in [3.05, 3.63) is 52.5 Å². The average Bonchev–Trinajstić information content (AvgIpc) is 2.67. The molecule has 0 fully saturated rings. The molecule has 2 aromatic carbocycles. The fourth-order valence-corrected chi connectivity index (χ4v) is 3.00. The topological polar surface area (TPSA) is 59.6 Å². The van der Waals surface area contributed by atoms with Crippen molar-refractivity contribution in [2.24, 2.45) is 5.92 Å². The molecule has 0 bridgehead atoms. The van der Waals surface area contributed by atoms with Crippen LogP contribution in [0.1, 0.15) is 44.0 Å². The highest BCUT2D eigenvalue weighted by Crippen LogP contribution is 2.24. The van der Waals surface area contributed by atoms with Crippen LogP contribution in [-0.4, -0.2) is 24.2 Å². The smallest absolute Gasteiger partial charge is 0.261 e. The third-order valence-electron chi connectivity index (χ3n) is 3.93. The van der Waals surface area contributed by atoms with Gasteiger partial charge in [-0.2, -0.15) is 0 Å². The summed E-state index contributed by atoms with van der Waals surface area (Å²) in [5, 5.41) is 5.94. The summed E-state index contributed by atoms with van der Waals surface area (Å²) in [6.07, 6.45) is 1.84. The van der Waals surface area contributed by atoms with Crippen LogP contribution in [0.5, 0.6) is 11.5 Å². The monoisotopic (exact) mass is 478 g/mol. The number of amides is 1. The number of anilines is 1. The summed E-state index contributed by atoms with van der Waals surface area (Å²) in [6.45, 7) is 7.51. The Morgan fingerprint density at radius 2 is 1.93 bits per heavy atom. The fourth-order valence-electron chi connectivity index (χ4n) is 2.43. The van der Waals surface area contributed by atoms with Gasteiger partial charge < -0.3 is 14.8 Å². The molecule has 2 aromatic rings. The molecule has 2 N–H and O–H groups in total. The van der Waals surface area contributed by atoms with Gasteiger partial charge in [0.15, 0.2) is 5.11 Å².